The van der Waals surface area contributed by atoms with Gasteiger partial charge in [0.2, 0.25) is 5.91 Å². The summed E-state index contributed by atoms with van der Waals surface area (Å²) in [6.07, 6.45) is 5.07. The molecule has 4 heterocycles. The van der Waals surface area contributed by atoms with Crippen molar-refractivity contribution in [1.82, 2.24) is 25.1 Å². The summed E-state index contributed by atoms with van der Waals surface area (Å²) in [6, 6.07) is 10.4. The van der Waals surface area contributed by atoms with Crippen LogP contribution in [0.1, 0.15) is 36.6 Å². The number of carbonyl (C=O) groups excluding carboxylic acids is 1. The highest BCUT2D eigenvalue weighted by molar-refractivity contribution is 5.77. The molecule has 9 heteroatoms. The smallest absolute Gasteiger partial charge is 0.227 e. The van der Waals surface area contributed by atoms with Gasteiger partial charge in [-0.25, -0.2) is 9.97 Å². The van der Waals surface area contributed by atoms with Crippen LogP contribution in [0.3, 0.4) is 0 Å². The molecule has 5 rings (SSSR count). The van der Waals surface area contributed by atoms with Gasteiger partial charge in [-0.15, -0.1) is 0 Å². The molecule has 3 aliphatic rings. The van der Waals surface area contributed by atoms with Crippen LogP contribution in [0.5, 0.6) is 0 Å². The monoisotopic (exact) mass is 466 g/mol. The minimum Gasteiger partial charge on any atom is -0.379 e. The lowest BCUT2D eigenvalue weighted by molar-refractivity contribution is -0.167. The molecule has 1 aromatic heterocycles. The first-order chi connectivity index (χ1) is 16.7. The van der Waals surface area contributed by atoms with E-state index in [0.29, 0.717) is 6.42 Å². The van der Waals surface area contributed by atoms with E-state index in [-0.39, 0.29) is 18.1 Å². The van der Waals surface area contributed by atoms with Crippen molar-refractivity contribution in [2.75, 3.05) is 51.3 Å². The number of benzene rings is 1. The van der Waals surface area contributed by atoms with E-state index in [1.807, 2.05) is 6.07 Å². The van der Waals surface area contributed by atoms with Crippen molar-refractivity contribution in [3.05, 3.63) is 54.1 Å². The van der Waals surface area contributed by atoms with Crippen molar-refractivity contribution in [3.63, 3.8) is 0 Å². The SMILES string of the molecule is CN1C(=O)CC(c2ccncn2)NC1OC1CCN(c2ccccc2CN2CCOCC2)CC1. The van der Waals surface area contributed by atoms with Gasteiger partial charge >= 0.3 is 0 Å². The summed E-state index contributed by atoms with van der Waals surface area (Å²) in [5.74, 6) is 0.0573. The third-order valence-electron chi connectivity index (χ3n) is 7.02. The molecule has 2 unspecified atom stereocenters. The lowest BCUT2D eigenvalue weighted by Gasteiger charge is -2.41. The third-order valence-corrected chi connectivity index (χ3v) is 7.02. The molecule has 0 aliphatic carbocycles. The van der Waals surface area contributed by atoms with Gasteiger partial charge in [0.25, 0.3) is 0 Å². The zero-order valence-corrected chi connectivity index (χ0v) is 19.8. The molecule has 0 radical (unpaired) electrons. The molecule has 34 heavy (non-hydrogen) atoms. The number of anilines is 1. The second kappa shape index (κ2) is 10.8. The van der Waals surface area contributed by atoms with Crippen LogP contribution < -0.4 is 10.2 Å². The van der Waals surface area contributed by atoms with Gasteiger partial charge in [-0.3, -0.25) is 15.0 Å². The Bertz CT molecular complexity index is 947. The fraction of sp³-hybridized carbons (Fsp3) is 0.560. The summed E-state index contributed by atoms with van der Waals surface area (Å²) < 4.78 is 11.9. The summed E-state index contributed by atoms with van der Waals surface area (Å²) in [4.78, 5) is 27.5. The highest BCUT2D eigenvalue weighted by Crippen LogP contribution is 2.28. The van der Waals surface area contributed by atoms with Gasteiger partial charge in [-0.1, -0.05) is 18.2 Å². The molecule has 2 aromatic rings. The maximum absolute atomic E-state index is 12.6. The molecular formula is C25H34N6O3. The molecule has 0 bridgehead atoms. The van der Waals surface area contributed by atoms with Crippen molar-refractivity contribution in [3.8, 4) is 0 Å². The summed E-state index contributed by atoms with van der Waals surface area (Å²) in [6.45, 7) is 6.43. The van der Waals surface area contributed by atoms with Gasteiger partial charge in [0.15, 0.2) is 6.35 Å². The number of nitrogens with zero attached hydrogens (tertiary/aromatic N) is 5. The molecule has 182 valence electrons. The Kier molecular flexibility index (Phi) is 7.34. The predicted octanol–water partition coefficient (Wildman–Crippen LogP) is 1.77. The molecule has 0 spiro atoms. The summed E-state index contributed by atoms with van der Waals surface area (Å²) in [5.41, 5.74) is 3.51. The van der Waals surface area contributed by atoms with Crippen molar-refractivity contribution in [1.29, 1.82) is 0 Å². The van der Waals surface area contributed by atoms with Gasteiger partial charge in [0.1, 0.15) is 6.33 Å². The minimum absolute atomic E-state index is 0.0573. The van der Waals surface area contributed by atoms with Crippen molar-refractivity contribution < 1.29 is 14.3 Å². The van der Waals surface area contributed by atoms with Gasteiger partial charge in [0, 0.05) is 58.1 Å². The maximum atomic E-state index is 12.6. The molecule has 1 aromatic carbocycles. The number of nitrogens with one attached hydrogen (secondary N) is 1. The molecular weight excluding hydrogens is 432 g/mol. The highest BCUT2D eigenvalue weighted by atomic mass is 16.5. The first-order valence-corrected chi connectivity index (χ1v) is 12.2. The molecule has 0 saturated carbocycles. The van der Waals surface area contributed by atoms with E-state index in [1.165, 1.54) is 17.6 Å². The summed E-state index contributed by atoms with van der Waals surface area (Å²) in [5, 5.41) is 3.46. The average molecular weight is 467 g/mol. The second-order valence-corrected chi connectivity index (χ2v) is 9.25. The number of aromatic nitrogens is 2. The number of ether oxygens (including phenoxy) is 2. The molecule has 2 atom stereocenters. The number of para-hydroxylation sites is 1. The summed E-state index contributed by atoms with van der Waals surface area (Å²) in [7, 11) is 1.80. The third kappa shape index (κ3) is 5.38. The molecule has 1 amide bonds. The Morgan fingerprint density at radius 2 is 1.91 bits per heavy atom. The zero-order valence-electron chi connectivity index (χ0n) is 19.8. The number of piperidine rings is 1. The van der Waals surface area contributed by atoms with Crippen LogP contribution in [-0.2, 0) is 20.8 Å². The van der Waals surface area contributed by atoms with Gasteiger partial charge in [-0.05, 0) is 30.5 Å². The van der Waals surface area contributed by atoms with E-state index in [4.69, 9.17) is 9.47 Å². The van der Waals surface area contributed by atoms with E-state index in [9.17, 15) is 4.79 Å². The maximum Gasteiger partial charge on any atom is 0.227 e. The van der Waals surface area contributed by atoms with Crippen molar-refractivity contribution in [2.24, 2.45) is 0 Å². The summed E-state index contributed by atoms with van der Waals surface area (Å²) >= 11 is 0. The van der Waals surface area contributed by atoms with Gasteiger partial charge < -0.3 is 19.3 Å². The van der Waals surface area contributed by atoms with E-state index < -0.39 is 6.35 Å². The van der Waals surface area contributed by atoms with Crippen LogP contribution in [0.25, 0.3) is 0 Å². The van der Waals surface area contributed by atoms with E-state index in [1.54, 1.807) is 18.1 Å². The number of amides is 1. The first-order valence-electron chi connectivity index (χ1n) is 12.2. The van der Waals surface area contributed by atoms with Gasteiger partial charge in [0.05, 0.1) is 31.1 Å². The van der Waals surface area contributed by atoms with Crippen LogP contribution in [0, 0.1) is 0 Å². The number of carbonyl (C=O) groups is 1. The van der Waals surface area contributed by atoms with Crippen LogP contribution in [0.2, 0.25) is 0 Å². The molecule has 1 N–H and O–H groups in total. The van der Waals surface area contributed by atoms with Crippen LogP contribution >= 0.6 is 0 Å². The lowest BCUT2D eigenvalue weighted by Crippen LogP contribution is -2.56. The number of hydrogen-bond donors (Lipinski definition) is 1. The topological polar surface area (TPSA) is 83.1 Å². The molecule has 3 saturated heterocycles. The standard InChI is InChI=1S/C25H34N6O3/c1-29-24(32)16-22(21-6-9-26-18-27-21)28-25(29)34-20-7-10-31(11-8-20)23-5-3-2-4-19(23)17-30-12-14-33-15-13-30/h2-6,9,18,20,22,25,28H,7-8,10-17H2,1H3. The predicted molar refractivity (Wildman–Crippen MR) is 128 cm³/mol. The molecule has 3 aliphatic heterocycles. The molecule has 9 nitrogen and oxygen atoms in total. The van der Waals surface area contributed by atoms with Gasteiger partial charge in [-0.2, -0.15) is 0 Å². The fourth-order valence-corrected chi connectivity index (χ4v) is 4.99. The van der Waals surface area contributed by atoms with Crippen LogP contribution in [0.15, 0.2) is 42.9 Å². The lowest BCUT2D eigenvalue weighted by atomic mass is 10.0. The zero-order chi connectivity index (χ0) is 23.3. The Labute approximate surface area is 201 Å². The number of hydrogen-bond acceptors (Lipinski definition) is 8. The Morgan fingerprint density at radius 3 is 2.68 bits per heavy atom. The van der Waals surface area contributed by atoms with E-state index in [2.05, 4.69) is 49.4 Å². The van der Waals surface area contributed by atoms with Crippen LogP contribution in [-0.4, -0.2) is 84.6 Å². The highest BCUT2D eigenvalue weighted by Gasteiger charge is 2.35. The molecule has 3 fully saturated rings. The van der Waals surface area contributed by atoms with E-state index >= 15 is 0 Å². The Balaban J connectivity index is 1.18. The minimum atomic E-state index is -0.452. The quantitative estimate of drug-likeness (QED) is 0.690. The average Bonchev–Trinajstić information content (AvgIpc) is 2.89. The number of morpholine rings is 1. The number of rotatable bonds is 6. The van der Waals surface area contributed by atoms with Crippen LogP contribution in [0.4, 0.5) is 5.69 Å². The van der Waals surface area contributed by atoms with E-state index in [0.717, 1.165) is 64.5 Å². The fourth-order valence-electron chi connectivity index (χ4n) is 4.99. The van der Waals surface area contributed by atoms with Crippen molar-refractivity contribution in [2.45, 2.75) is 44.3 Å². The Hall–Kier alpha value is -2.59. The first kappa shape index (κ1) is 23.2. The largest absolute Gasteiger partial charge is 0.379 e. The second-order valence-electron chi connectivity index (χ2n) is 9.25. The normalized spacial score (nSPS) is 25.0. The Morgan fingerprint density at radius 1 is 1.12 bits per heavy atom. The van der Waals surface area contributed by atoms with Crippen molar-refractivity contribution >= 4 is 11.6 Å².